The summed E-state index contributed by atoms with van der Waals surface area (Å²) in [5.74, 6) is -1.54. The maximum absolute atomic E-state index is 13.5. The van der Waals surface area contributed by atoms with Crippen molar-refractivity contribution in [2.24, 2.45) is 0 Å². The Morgan fingerprint density at radius 2 is 2.05 bits per heavy atom. The predicted octanol–water partition coefficient (Wildman–Crippen LogP) is 4.05. The van der Waals surface area contributed by atoms with Crippen molar-refractivity contribution in [3.63, 3.8) is 0 Å². The first-order chi connectivity index (χ1) is 9.47. The SMILES string of the molecule is Nc1ccc(Cl)cc1SCc1ccc(C(=O)O)c(F)c1. The zero-order chi connectivity index (χ0) is 14.7. The van der Waals surface area contributed by atoms with Gasteiger partial charge in [-0.1, -0.05) is 17.7 Å². The quantitative estimate of drug-likeness (QED) is 0.660. The van der Waals surface area contributed by atoms with Gasteiger partial charge in [-0.3, -0.25) is 0 Å². The normalized spacial score (nSPS) is 10.5. The zero-order valence-electron chi connectivity index (χ0n) is 10.3. The minimum absolute atomic E-state index is 0.332. The fourth-order valence-electron chi connectivity index (χ4n) is 1.62. The number of anilines is 1. The molecular formula is C14H11ClFNO2S. The van der Waals surface area contributed by atoms with Crippen LogP contribution in [0, 0.1) is 5.82 Å². The van der Waals surface area contributed by atoms with E-state index in [4.69, 9.17) is 22.4 Å². The highest BCUT2D eigenvalue weighted by atomic mass is 35.5. The number of carboxylic acids is 1. The smallest absolute Gasteiger partial charge is 0.338 e. The van der Waals surface area contributed by atoms with Gasteiger partial charge in [-0.05, 0) is 35.9 Å². The molecule has 0 radical (unpaired) electrons. The van der Waals surface area contributed by atoms with E-state index in [1.54, 1.807) is 24.3 Å². The Labute approximate surface area is 124 Å². The third kappa shape index (κ3) is 3.43. The Morgan fingerprint density at radius 1 is 1.30 bits per heavy atom. The van der Waals surface area contributed by atoms with Crippen LogP contribution in [0.5, 0.6) is 0 Å². The molecule has 3 nitrogen and oxygen atoms in total. The summed E-state index contributed by atoms with van der Waals surface area (Å²) in [7, 11) is 0. The Morgan fingerprint density at radius 3 is 2.70 bits per heavy atom. The number of aromatic carboxylic acids is 1. The van der Waals surface area contributed by atoms with Crippen LogP contribution in [0.15, 0.2) is 41.3 Å². The van der Waals surface area contributed by atoms with E-state index in [1.807, 2.05) is 0 Å². The van der Waals surface area contributed by atoms with Crippen LogP contribution in [0.3, 0.4) is 0 Å². The third-order valence-corrected chi connectivity index (χ3v) is 4.01. The molecule has 0 aliphatic heterocycles. The first-order valence-electron chi connectivity index (χ1n) is 5.67. The number of carbonyl (C=O) groups is 1. The van der Waals surface area contributed by atoms with Crippen molar-refractivity contribution in [3.05, 3.63) is 58.4 Å². The lowest BCUT2D eigenvalue weighted by molar-refractivity contribution is 0.0692. The van der Waals surface area contributed by atoms with Crippen molar-refractivity contribution >= 4 is 35.0 Å². The topological polar surface area (TPSA) is 63.3 Å². The van der Waals surface area contributed by atoms with E-state index in [0.29, 0.717) is 22.0 Å². The number of carboxylic acid groups (broad SMARTS) is 1. The maximum atomic E-state index is 13.5. The van der Waals surface area contributed by atoms with Gasteiger partial charge in [0.15, 0.2) is 0 Å². The van der Waals surface area contributed by atoms with Gasteiger partial charge in [0.2, 0.25) is 0 Å². The van der Waals surface area contributed by atoms with Gasteiger partial charge >= 0.3 is 5.97 Å². The van der Waals surface area contributed by atoms with E-state index in [9.17, 15) is 9.18 Å². The van der Waals surface area contributed by atoms with Gasteiger partial charge in [0.05, 0.1) is 5.56 Å². The molecule has 2 aromatic carbocycles. The van der Waals surface area contributed by atoms with Crippen LogP contribution in [0.1, 0.15) is 15.9 Å². The monoisotopic (exact) mass is 311 g/mol. The molecule has 0 atom stereocenters. The molecule has 0 aliphatic carbocycles. The molecule has 0 saturated heterocycles. The largest absolute Gasteiger partial charge is 0.478 e. The number of halogens is 2. The standard InChI is InChI=1S/C14H11ClFNO2S/c15-9-2-4-12(17)13(6-9)20-7-8-1-3-10(14(18)19)11(16)5-8/h1-6H,7,17H2,(H,18,19). The van der Waals surface area contributed by atoms with Gasteiger partial charge in [-0.2, -0.15) is 0 Å². The molecule has 6 heteroatoms. The Balaban J connectivity index is 2.13. The highest BCUT2D eigenvalue weighted by Crippen LogP contribution is 2.30. The van der Waals surface area contributed by atoms with Crippen LogP contribution in [0.4, 0.5) is 10.1 Å². The number of hydrogen-bond acceptors (Lipinski definition) is 3. The first kappa shape index (κ1) is 14.7. The molecule has 0 aliphatic rings. The molecule has 2 aromatic rings. The maximum Gasteiger partial charge on any atom is 0.338 e. The van der Waals surface area contributed by atoms with Crippen molar-refractivity contribution in [1.82, 2.24) is 0 Å². The van der Waals surface area contributed by atoms with Gasteiger partial charge in [-0.15, -0.1) is 11.8 Å². The third-order valence-electron chi connectivity index (χ3n) is 2.63. The fraction of sp³-hybridized carbons (Fsp3) is 0.0714. The van der Waals surface area contributed by atoms with Crippen molar-refractivity contribution in [2.75, 3.05) is 5.73 Å². The summed E-state index contributed by atoms with van der Waals surface area (Å²) in [5.41, 5.74) is 6.76. The van der Waals surface area contributed by atoms with Crippen LogP contribution >= 0.6 is 23.4 Å². The number of nitrogen functional groups attached to an aromatic ring is 1. The van der Waals surface area contributed by atoms with Gasteiger partial charge in [-0.25, -0.2) is 9.18 Å². The number of benzene rings is 2. The van der Waals surface area contributed by atoms with Crippen LogP contribution in [-0.2, 0) is 5.75 Å². The second-order valence-electron chi connectivity index (χ2n) is 4.09. The summed E-state index contributed by atoms with van der Waals surface area (Å²) in [6, 6.07) is 9.21. The molecule has 0 amide bonds. The van der Waals surface area contributed by atoms with Crippen LogP contribution in [-0.4, -0.2) is 11.1 Å². The molecule has 0 heterocycles. The molecule has 3 N–H and O–H groups in total. The lowest BCUT2D eigenvalue weighted by atomic mass is 10.1. The van der Waals surface area contributed by atoms with Crippen molar-refractivity contribution in [2.45, 2.75) is 10.6 Å². The summed E-state index contributed by atoms with van der Waals surface area (Å²) in [4.78, 5) is 11.5. The molecular weight excluding hydrogens is 301 g/mol. The lowest BCUT2D eigenvalue weighted by Crippen LogP contribution is -2.00. The van der Waals surface area contributed by atoms with E-state index in [2.05, 4.69) is 0 Å². The van der Waals surface area contributed by atoms with Crippen LogP contribution in [0.25, 0.3) is 0 Å². The second-order valence-corrected chi connectivity index (χ2v) is 5.54. The molecule has 0 bridgehead atoms. The molecule has 104 valence electrons. The predicted molar refractivity (Wildman–Crippen MR) is 78.8 cm³/mol. The average molecular weight is 312 g/mol. The Hall–Kier alpha value is -1.72. The van der Waals surface area contributed by atoms with Crippen molar-refractivity contribution < 1.29 is 14.3 Å². The number of thioether (sulfide) groups is 1. The van der Waals surface area contributed by atoms with Crippen molar-refractivity contribution in [1.29, 1.82) is 0 Å². The highest BCUT2D eigenvalue weighted by Gasteiger charge is 2.10. The molecule has 0 saturated carbocycles. The van der Waals surface area contributed by atoms with E-state index in [1.165, 1.54) is 23.9 Å². The van der Waals surface area contributed by atoms with Crippen LogP contribution < -0.4 is 5.73 Å². The molecule has 20 heavy (non-hydrogen) atoms. The summed E-state index contributed by atoms with van der Waals surface area (Å²) < 4.78 is 13.5. The summed E-state index contributed by atoms with van der Waals surface area (Å²) in [6.45, 7) is 0. The van der Waals surface area contributed by atoms with Crippen LogP contribution in [0.2, 0.25) is 5.02 Å². The first-order valence-corrected chi connectivity index (χ1v) is 7.03. The Bertz CT molecular complexity index is 664. The van der Waals surface area contributed by atoms with Gasteiger partial charge < -0.3 is 10.8 Å². The fourth-order valence-corrected chi connectivity index (χ4v) is 2.80. The number of nitrogens with two attached hydrogens (primary N) is 1. The van der Waals surface area contributed by atoms with Gasteiger partial charge in [0.25, 0.3) is 0 Å². The van der Waals surface area contributed by atoms with Gasteiger partial charge in [0, 0.05) is 21.4 Å². The number of hydrogen-bond donors (Lipinski definition) is 2. The second kappa shape index (κ2) is 6.15. The van der Waals surface area contributed by atoms with E-state index >= 15 is 0 Å². The summed E-state index contributed by atoms with van der Waals surface area (Å²) >= 11 is 7.30. The van der Waals surface area contributed by atoms with Crippen molar-refractivity contribution in [3.8, 4) is 0 Å². The van der Waals surface area contributed by atoms with E-state index in [-0.39, 0.29) is 5.56 Å². The minimum Gasteiger partial charge on any atom is -0.478 e. The molecule has 2 rings (SSSR count). The molecule has 0 fully saturated rings. The average Bonchev–Trinajstić information content (AvgIpc) is 2.39. The summed E-state index contributed by atoms with van der Waals surface area (Å²) in [5, 5.41) is 9.33. The molecule has 0 spiro atoms. The van der Waals surface area contributed by atoms with E-state index < -0.39 is 11.8 Å². The van der Waals surface area contributed by atoms with Gasteiger partial charge in [0.1, 0.15) is 5.82 Å². The minimum atomic E-state index is -1.28. The van der Waals surface area contributed by atoms with E-state index in [0.717, 1.165) is 4.90 Å². The molecule has 0 unspecified atom stereocenters. The summed E-state index contributed by atoms with van der Waals surface area (Å²) in [6.07, 6.45) is 0. The number of rotatable bonds is 4. The molecule has 0 aromatic heterocycles. The zero-order valence-corrected chi connectivity index (χ0v) is 11.8. The highest BCUT2D eigenvalue weighted by molar-refractivity contribution is 7.98. The lowest BCUT2D eigenvalue weighted by Gasteiger charge is -2.07. The Kier molecular flexibility index (Phi) is 4.52.